The van der Waals surface area contributed by atoms with Crippen LogP contribution in [0.25, 0.3) is 0 Å². The summed E-state index contributed by atoms with van der Waals surface area (Å²) in [6.45, 7) is 5.75. The summed E-state index contributed by atoms with van der Waals surface area (Å²) < 4.78 is 0. The number of likely N-dealkylation sites (tertiary alicyclic amines) is 1. The lowest BCUT2D eigenvalue weighted by atomic mass is 9.93. The van der Waals surface area contributed by atoms with E-state index >= 15 is 0 Å². The highest BCUT2D eigenvalue weighted by molar-refractivity contribution is 5.85. The Morgan fingerprint density at radius 3 is 2.62 bits per heavy atom. The molecule has 4 heteroatoms. The first-order valence-corrected chi connectivity index (χ1v) is 7.65. The van der Waals surface area contributed by atoms with E-state index in [4.69, 9.17) is 0 Å². The van der Waals surface area contributed by atoms with Gasteiger partial charge < -0.3 is 10.2 Å². The molecule has 0 saturated carbocycles. The number of hydrogen-bond donors (Lipinski definition) is 1. The second kappa shape index (κ2) is 8.40. The summed E-state index contributed by atoms with van der Waals surface area (Å²) in [4.78, 5) is 14.7. The van der Waals surface area contributed by atoms with Crippen LogP contribution in [0.5, 0.6) is 0 Å². The van der Waals surface area contributed by atoms with E-state index in [0.717, 1.165) is 25.9 Å². The second-order valence-corrected chi connectivity index (χ2v) is 5.91. The molecule has 1 amide bonds. The minimum absolute atomic E-state index is 0. The fourth-order valence-corrected chi connectivity index (χ4v) is 3.01. The van der Waals surface area contributed by atoms with Crippen molar-refractivity contribution in [2.45, 2.75) is 39.2 Å². The van der Waals surface area contributed by atoms with Gasteiger partial charge in [-0.1, -0.05) is 36.8 Å². The fraction of sp³-hybridized carbons (Fsp3) is 0.588. The average Bonchev–Trinajstić information content (AvgIpc) is 2.47. The van der Waals surface area contributed by atoms with Crippen LogP contribution in [0.2, 0.25) is 0 Å². The zero-order chi connectivity index (χ0) is 14.5. The number of benzene rings is 1. The molecule has 0 aromatic heterocycles. The van der Waals surface area contributed by atoms with Crippen LogP contribution < -0.4 is 5.32 Å². The van der Waals surface area contributed by atoms with Crippen molar-refractivity contribution in [1.82, 2.24) is 10.2 Å². The Labute approximate surface area is 134 Å². The van der Waals surface area contributed by atoms with Gasteiger partial charge in [-0.2, -0.15) is 0 Å². The van der Waals surface area contributed by atoms with Gasteiger partial charge in [0.05, 0.1) is 6.04 Å². The molecule has 1 aromatic carbocycles. The number of carbonyl (C=O) groups is 1. The van der Waals surface area contributed by atoms with Gasteiger partial charge in [0.25, 0.3) is 0 Å². The van der Waals surface area contributed by atoms with Crippen molar-refractivity contribution in [2.75, 3.05) is 20.1 Å². The Morgan fingerprint density at radius 1 is 1.33 bits per heavy atom. The second-order valence-electron chi connectivity index (χ2n) is 5.91. The van der Waals surface area contributed by atoms with Gasteiger partial charge in [0.2, 0.25) is 5.91 Å². The van der Waals surface area contributed by atoms with E-state index in [9.17, 15) is 4.79 Å². The molecule has 21 heavy (non-hydrogen) atoms. The smallest absolute Gasteiger partial charge is 0.227 e. The van der Waals surface area contributed by atoms with Crippen LogP contribution >= 0.6 is 12.4 Å². The number of amides is 1. The van der Waals surface area contributed by atoms with Gasteiger partial charge in [0, 0.05) is 19.0 Å². The van der Waals surface area contributed by atoms with Crippen LogP contribution in [0.4, 0.5) is 0 Å². The molecule has 1 aromatic rings. The first kappa shape index (κ1) is 18.0. The van der Waals surface area contributed by atoms with Crippen molar-refractivity contribution in [3.8, 4) is 0 Å². The first-order valence-electron chi connectivity index (χ1n) is 7.65. The fourth-order valence-electron chi connectivity index (χ4n) is 3.01. The molecule has 1 aliphatic heterocycles. The molecule has 1 heterocycles. The molecule has 0 aliphatic carbocycles. The summed E-state index contributed by atoms with van der Waals surface area (Å²) in [5.74, 6) is 0.329. The van der Waals surface area contributed by atoms with E-state index in [1.54, 1.807) is 0 Å². The lowest BCUT2D eigenvalue weighted by Gasteiger charge is -2.37. The molecule has 2 unspecified atom stereocenters. The minimum atomic E-state index is 0. The van der Waals surface area contributed by atoms with Gasteiger partial charge in [0.1, 0.15) is 0 Å². The number of piperidine rings is 1. The number of rotatable bonds is 4. The van der Waals surface area contributed by atoms with E-state index in [0.29, 0.717) is 0 Å². The van der Waals surface area contributed by atoms with Crippen molar-refractivity contribution < 1.29 is 4.79 Å². The van der Waals surface area contributed by atoms with Crippen molar-refractivity contribution in [1.29, 1.82) is 0 Å². The van der Waals surface area contributed by atoms with Gasteiger partial charge in [-0.3, -0.25) is 4.79 Å². The monoisotopic (exact) mass is 310 g/mol. The number of halogens is 1. The van der Waals surface area contributed by atoms with E-state index in [-0.39, 0.29) is 30.3 Å². The van der Waals surface area contributed by atoms with E-state index in [2.05, 4.69) is 41.4 Å². The molecule has 0 radical (unpaired) electrons. The number of aryl methyl sites for hydroxylation is 1. The van der Waals surface area contributed by atoms with Crippen molar-refractivity contribution in [2.24, 2.45) is 5.92 Å². The van der Waals surface area contributed by atoms with Gasteiger partial charge in [-0.15, -0.1) is 12.4 Å². The van der Waals surface area contributed by atoms with Crippen LogP contribution in [-0.4, -0.2) is 30.9 Å². The van der Waals surface area contributed by atoms with Crippen LogP contribution in [0.15, 0.2) is 24.3 Å². The molecule has 1 saturated heterocycles. The Balaban J connectivity index is 0.00000220. The SMILES string of the molecule is CNCC(C)C(=O)N1CCCCC1c1ccc(C)cc1.Cl. The molecule has 118 valence electrons. The Morgan fingerprint density at radius 2 is 2.00 bits per heavy atom. The number of nitrogens with one attached hydrogen (secondary N) is 1. The highest BCUT2D eigenvalue weighted by Crippen LogP contribution is 2.32. The van der Waals surface area contributed by atoms with Crippen LogP contribution in [0.1, 0.15) is 43.4 Å². The summed E-state index contributed by atoms with van der Waals surface area (Å²) in [6.07, 6.45) is 3.42. The lowest BCUT2D eigenvalue weighted by molar-refractivity contribution is -0.138. The minimum Gasteiger partial charge on any atom is -0.335 e. The maximum atomic E-state index is 12.6. The van der Waals surface area contributed by atoms with Crippen LogP contribution in [0, 0.1) is 12.8 Å². The maximum Gasteiger partial charge on any atom is 0.227 e. The number of carbonyl (C=O) groups excluding carboxylic acids is 1. The maximum absolute atomic E-state index is 12.6. The molecule has 1 aliphatic rings. The van der Waals surface area contributed by atoms with Gasteiger partial charge in [-0.25, -0.2) is 0 Å². The normalized spacial score (nSPS) is 19.8. The van der Waals surface area contributed by atoms with E-state index < -0.39 is 0 Å². The first-order chi connectivity index (χ1) is 9.63. The topological polar surface area (TPSA) is 32.3 Å². The molecule has 2 rings (SSSR count). The van der Waals surface area contributed by atoms with E-state index in [1.807, 2.05) is 14.0 Å². The summed E-state index contributed by atoms with van der Waals surface area (Å²) in [5.41, 5.74) is 2.55. The predicted molar refractivity (Wildman–Crippen MR) is 89.8 cm³/mol. The van der Waals surface area contributed by atoms with Crippen molar-refractivity contribution in [3.63, 3.8) is 0 Å². The third-order valence-corrected chi connectivity index (χ3v) is 4.18. The number of nitrogens with zero attached hydrogens (tertiary/aromatic N) is 1. The quantitative estimate of drug-likeness (QED) is 0.925. The third kappa shape index (κ3) is 4.45. The molecule has 2 atom stereocenters. The molecule has 0 spiro atoms. The van der Waals surface area contributed by atoms with Crippen LogP contribution in [0.3, 0.4) is 0 Å². The van der Waals surface area contributed by atoms with Gasteiger partial charge >= 0.3 is 0 Å². The highest BCUT2D eigenvalue weighted by Gasteiger charge is 2.30. The largest absolute Gasteiger partial charge is 0.335 e. The molecular formula is C17H27ClN2O. The Bertz CT molecular complexity index is 447. The summed E-state index contributed by atoms with van der Waals surface area (Å²) in [6, 6.07) is 8.90. The Hall–Kier alpha value is -1.06. The molecule has 1 fully saturated rings. The molecule has 3 nitrogen and oxygen atoms in total. The predicted octanol–water partition coefficient (Wildman–Crippen LogP) is 3.33. The zero-order valence-corrected chi connectivity index (χ0v) is 14.1. The van der Waals surface area contributed by atoms with Gasteiger partial charge in [-0.05, 0) is 38.8 Å². The molecular weight excluding hydrogens is 284 g/mol. The van der Waals surface area contributed by atoms with Crippen LogP contribution in [-0.2, 0) is 4.79 Å². The molecule has 0 bridgehead atoms. The molecule has 1 N–H and O–H groups in total. The van der Waals surface area contributed by atoms with E-state index in [1.165, 1.54) is 17.5 Å². The summed E-state index contributed by atoms with van der Waals surface area (Å²) in [5, 5.41) is 3.10. The number of hydrogen-bond acceptors (Lipinski definition) is 2. The summed E-state index contributed by atoms with van der Waals surface area (Å²) in [7, 11) is 1.90. The highest BCUT2D eigenvalue weighted by atomic mass is 35.5. The van der Waals surface area contributed by atoms with Crippen molar-refractivity contribution >= 4 is 18.3 Å². The standard InChI is InChI=1S/C17H26N2O.ClH/c1-13-7-9-15(10-8-13)16-6-4-5-11-19(16)17(20)14(2)12-18-3;/h7-10,14,16,18H,4-6,11-12H2,1-3H3;1H. The Kier molecular flexibility index (Phi) is 7.20. The van der Waals surface area contributed by atoms with Crippen molar-refractivity contribution in [3.05, 3.63) is 35.4 Å². The van der Waals surface area contributed by atoms with Gasteiger partial charge in [0.15, 0.2) is 0 Å². The summed E-state index contributed by atoms with van der Waals surface area (Å²) >= 11 is 0. The lowest BCUT2D eigenvalue weighted by Crippen LogP contribution is -2.43. The third-order valence-electron chi connectivity index (χ3n) is 4.18. The zero-order valence-electron chi connectivity index (χ0n) is 13.3. The average molecular weight is 311 g/mol.